The molecule has 4 heteroatoms. The molecule has 2 nitrogen and oxygen atoms in total. The quantitative estimate of drug-likeness (QED) is 0.699. The second-order valence-corrected chi connectivity index (χ2v) is 6.86. The van der Waals surface area contributed by atoms with E-state index >= 15 is 0 Å². The maximum absolute atomic E-state index is 13.6. The highest BCUT2D eigenvalue weighted by atomic mass is 32.2. The fourth-order valence-corrected chi connectivity index (χ4v) is 3.70. The van der Waals surface area contributed by atoms with Crippen LogP contribution in [0.3, 0.4) is 0 Å². The van der Waals surface area contributed by atoms with E-state index in [4.69, 9.17) is 0 Å². The average molecular weight is 310 g/mol. The molecule has 0 radical (unpaired) electrons. The molecule has 0 aliphatic carbocycles. The monoisotopic (exact) mass is 310 g/mol. The third kappa shape index (κ3) is 5.97. The normalized spacial score (nSPS) is 18.5. The van der Waals surface area contributed by atoms with Crippen LogP contribution in [0.1, 0.15) is 32.6 Å². The highest BCUT2D eigenvalue weighted by molar-refractivity contribution is 7.99. The lowest BCUT2D eigenvalue weighted by Gasteiger charge is -2.25. The van der Waals surface area contributed by atoms with Crippen molar-refractivity contribution in [2.24, 2.45) is 0 Å². The van der Waals surface area contributed by atoms with Gasteiger partial charge in [-0.15, -0.1) is 11.8 Å². The highest BCUT2D eigenvalue weighted by Gasteiger charge is 2.17. The first kappa shape index (κ1) is 16.8. The zero-order chi connectivity index (χ0) is 14.9. The van der Waals surface area contributed by atoms with Crippen molar-refractivity contribution in [2.45, 2.75) is 43.5 Å². The fraction of sp³-hybridized carbons (Fsp3) is 0.647. The van der Waals surface area contributed by atoms with E-state index in [1.165, 1.54) is 25.7 Å². The molecule has 1 aromatic rings. The lowest BCUT2D eigenvalue weighted by atomic mass is 10.2. The minimum atomic E-state index is -0.0972. The predicted octanol–water partition coefficient (Wildman–Crippen LogP) is 3.77. The van der Waals surface area contributed by atoms with Gasteiger partial charge in [0.05, 0.1) is 0 Å². The fourth-order valence-electron chi connectivity index (χ4n) is 2.75. The third-order valence-corrected chi connectivity index (χ3v) is 5.00. The maximum Gasteiger partial charge on any atom is 0.136 e. The van der Waals surface area contributed by atoms with E-state index in [0.717, 1.165) is 36.8 Å². The number of thioether (sulfide) groups is 1. The standard InChI is InChI=1S/C17H27FN2S/c1-2-3-11-20(14-15-7-6-10-19-15)12-13-21-17-9-5-4-8-16(17)18/h4-5,8-9,15,19H,2-3,6-7,10-14H2,1H3. The van der Waals surface area contributed by atoms with E-state index < -0.39 is 0 Å². The van der Waals surface area contributed by atoms with Crippen LogP contribution in [0.15, 0.2) is 29.2 Å². The van der Waals surface area contributed by atoms with Crippen molar-refractivity contribution in [2.75, 3.05) is 31.9 Å². The van der Waals surface area contributed by atoms with Crippen LogP contribution in [0.25, 0.3) is 0 Å². The van der Waals surface area contributed by atoms with Crippen molar-refractivity contribution in [1.29, 1.82) is 0 Å². The summed E-state index contributed by atoms with van der Waals surface area (Å²) < 4.78 is 13.6. The zero-order valence-corrected chi connectivity index (χ0v) is 13.8. The summed E-state index contributed by atoms with van der Waals surface area (Å²) in [4.78, 5) is 3.31. The largest absolute Gasteiger partial charge is 0.313 e. The number of nitrogens with zero attached hydrogens (tertiary/aromatic N) is 1. The molecule has 1 fully saturated rings. The topological polar surface area (TPSA) is 15.3 Å². The minimum Gasteiger partial charge on any atom is -0.313 e. The summed E-state index contributed by atoms with van der Waals surface area (Å²) in [6.07, 6.45) is 5.07. The molecule has 1 aliphatic rings. The molecule has 1 aliphatic heterocycles. The van der Waals surface area contributed by atoms with Crippen molar-refractivity contribution >= 4 is 11.8 Å². The molecule has 1 N–H and O–H groups in total. The lowest BCUT2D eigenvalue weighted by molar-refractivity contribution is 0.259. The van der Waals surface area contributed by atoms with Gasteiger partial charge in [-0.2, -0.15) is 0 Å². The van der Waals surface area contributed by atoms with E-state index in [0.29, 0.717) is 6.04 Å². The van der Waals surface area contributed by atoms with E-state index in [-0.39, 0.29) is 5.82 Å². The van der Waals surface area contributed by atoms with Crippen LogP contribution in [0.5, 0.6) is 0 Å². The maximum atomic E-state index is 13.6. The molecule has 118 valence electrons. The van der Waals surface area contributed by atoms with Gasteiger partial charge in [-0.3, -0.25) is 0 Å². The van der Waals surface area contributed by atoms with Gasteiger partial charge in [-0.1, -0.05) is 25.5 Å². The molecular formula is C17H27FN2S. The van der Waals surface area contributed by atoms with Crippen LogP contribution in [-0.2, 0) is 0 Å². The molecule has 0 amide bonds. The van der Waals surface area contributed by atoms with E-state index in [2.05, 4.69) is 17.1 Å². The average Bonchev–Trinajstić information content (AvgIpc) is 2.99. The van der Waals surface area contributed by atoms with Crippen LogP contribution in [-0.4, -0.2) is 42.9 Å². The van der Waals surface area contributed by atoms with Gasteiger partial charge in [0.15, 0.2) is 0 Å². The summed E-state index contributed by atoms with van der Waals surface area (Å²) in [5.41, 5.74) is 0. The van der Waals surface area contributed by atoms with Crippen molar-refractivity contribution in [1.82, 2.24) is 10.2 Å². The van der Waals surface area contributed by atoms with E-state index in [9.17, 15) is 4.39 Å². The van der Waals surface area contributed by atoms with Gasteiger partial charge in [0.2, 0.25) is 0 Å². The van der Waals surface area contributed by atoms with E-state index in [1.54, 1.807) is 23.9 Å². The smallest absolute Gasteiger partial charge is 0.136 e. The first-order valence-electron chi connectivity index (χ1n) is 8.12. The third-order valence-electron chi connectivity index (χ3n) is 3.97. The Morgan fingerprint density at radius 1 is 1.33 bits per heavy atom. The van der Waals surface area contributed by atoms with E-state index in [1.807, 2.05) is 12.1 Å². The highest BCUT2D eigenvalue weighted by Crippen LogP contribution is 2.21. The van der Waals surface area contributed by atoms with Gasteiger partial charge in [-0.05, 0) is 44.5 Å². The van der Waals surface area contributed by atoms with Crippen molar-refractivity contribution in [3.05, 3.63) is 30.1 Å². The number of hydrogen-bond acceptors (Lipinski definition) is 3. The Balaban J connectivity index is 1.76. The molecule has 0 bridgehead atoms. The molecule has 1 heterocycles. The summed E-state index contributed by atoms with van der Waals surface area (Å²) in [7, 11) is 0. The van der Waals surface area contributed by atoms with Crippen LogP contribution < -0.4 is 5.32 Å². The van der Waals surface area contributed by atoms with Gasteiger partial charge in [0.1, 0.15) is 5.82 Å². The lowest BCUT2D eigenvalue weighted by Crippen LogP contribution is -2.39. The molecular weight excluding hydrogens is 283 g/mol. The van der Waals surface area contributed by atoms with Crippen LogP contribution in [0.2, 0.25) is 0 Å². The first-order valence-corrected chi connectivity index (χ1v) is 9.11. The minimum absolute atomic E-state index is 0.0972. The number of hydrogen-bond donors (Lipinski definition) is 1. The molecule has 0 spiro atoms. The summed E-state index contributed by atoms with van der Waals surface area (Å²) in [5.74, 6) is 0.859. The number of nitrogens with one attached hydrogen (secondary N) is 1. The Kier molecular flexibility index (Phi) is 7.54. The number of halogens is 1. The van der Waals surface area contributed by atoms with Gasteiger partial charge < -0.3 is 10.2 Å². The number of benzene rings is 1. The van der Waals surface area contributed by atoms with Crippen molar-refractivity contribution in [3.63, 3.8) is 0 Å². The Hall–Kier alpha value is -0.580. The molecule has 1 aromatic carbocycles. The molecule has 1 saturated heterocycles. The summed E-state index contributed by atoms with van der Waals surface area (Å²) >= 11 is 1.63. The molecule has 2 rings (SSSR count). The Labute approximate surface area is 132 Å². The Morgan fingerprint density at radius 2 is 2.19 bits per heavy atom. The van der Waals surface area contributed by atoms with Gasteiger partial charge >= 0.3 is 0 Å². The second-order valence-electron chi connectivity index (χ2n) is 5.73. The predicted molar refractivity (Wildman–Crippen MR) is 89.5 cm³/mol. The SMILES string of the molecule is CCCCN(CCSc1ccccc1F)CC1CCCN1. The van der Waals surface area contributed by atoms with Gasteiger partial charge in [0.25, 0.3) is 0 Å². The van der Waals surface area contributed by atoms with Gasteiger partial charge in [0, 0.05) is 29.8 Å². The summed E-state index contributed by atoms with van der Waals surface area (Å²) in [6.45, 7) is 6.73. The molecule has 1 unspecified atom stereocenters. The molecule has 21 heavy (non-hydrogen) atoms. The van der Waals surface area contributed by atoms with Gasteiger partial charge in [-0.25, -0.2) is 4.39 Å². The Morgan fingerprint density at radius 3 is 2.90 bits per heavy atom. The molecule has 0 saturated carbocycles. The number of rotatable bonds is 9. The molecule has 1 atom stereocenters. The Bertz CT molecular complexity index is 408. The molecule has 0 aromatic heterocycles. The summed E-state index contributed by atoms with van der Waals surface area (Å²) in [6, 6.07) is 7.72. The van der Waals surface area contributed by atoms with Crippen molar-refractivity contribution < 1.29 is 4.39 Å². The summed E-state index contributed by atoms with van der Waals surface area (Å²) in [5, 5.41) is 3.57. The zero-order valence-electron chi connectivity index (χ0n) is 13.0. The number of unbranched alkanes of at least 4 members (excludes halogenated alkanes) is 1. The van der Waals surface area contributed by atoms with Crippen LogP contribution in [0.4, 0.5) is 4.39 Å². The van der Waals surface area contributed by atoms with Crippen LogP contribution >= 0.6 is 11.8 Å². The van der Waals surface area contributed by atoms with Crippen molar-refractivity contribution in [3.8, 4) is 0 Å². The first-order chi connectivity index (χ1) is 10.3. The van der Waals surface area contributed by atoms with Crippen LogP contribution in [0, 0.1) is 5.82 Å². The second kappa shape index (κ2) is 9.44.